The first-order valence-corrected chi connectivity index (χ1v) is 10.5. The van der Waals surface area contributed by atoms with E-state index in [4.69, 9.17) is 5.73 Å². The minimum atomic E-state index is -3.34. The van der Waals surface area contributed by atoms with Gasteiger partial charge in [0.1, 0.15) is 0 Å². The molecule has 0 saturated heterocycles. The molecule has 5 nitrogen and oxygen atoms in total. The molecule has 2 unspecified atom stereocenters. The second-order valence-electron chi connectivity index (χ2n) is 6.59. The van der Waals surface area contributed by atoms with Crippen molar-refractivity contribution in [3.05, 3.63) is 65.2 Å². The lowest BCUT2D eigenvalue weighted by atomic mass is 9.97. The highest BCUT2D eigenvalue weighted by molar-refractivity contribution is 7.90. The zero-order valence-electron chi connectivity index (χ0n) is 15.4. The Hall–Kier alpha value is -2.18. The molecule has 0 saturated carbocycles. The predicted molar refractivity (Wildman–Crippen MR) is 104 cm³/mol. The number of benzene rings is 2. The van der Waals surface area contributed by atoms with Crippen molar-refractivity contribution in [2.24, 2.45) is 5.73 Å². The lowest BCUT2D eigenvalue weighted by molar-refractivity contribution is -0.123. The number of carbonyl (C=O) groups excluding carboxylic acids is 1. The van der Waals surface area contributed by atoms with Gasteiger partial charge in [-0.15, -0.1) is 0 Å². The molecule has 0 aliphatic carbocycles. The van der Waals surface area contributed by atoms with Crippen molar-refractivity contribution in [3.63, 3.8) is 0 Å². The van der Waals surface area contributed by atoms with Gasteiger partial charge in [0.25, 0.3) is 0 Å². The quantitative estimate of drug-likeness (QED) is 0.780. The monoisotopic (exact) mass is 374 g/mol. The number of nitrogens with one attached hydrogen (secondary N) is 1. The summed E-state index contributed by atoms with van der Waals surface area (Å²) in [6.45, 7) is 3.96. The first-order chi connectivity index (χ1) is 12.2. The van der Waals surface area contributed by atoms with Crippen LogP contribution in [0.25, 0.3) is 0 Å². The Bertz CT molecular complexity index is 861. The summed E-state index contributed by atoms with van der Waals surface area (Å²) in [4.78, 5) is 12.7. The first kappa shape index (κ1) is 20.1. The van der Waals surface area contributed by atoms with Gasteiger partial charge in [-0.2, -0.15) is 0 Å². The van der Waals surface area contributed by atoms with Crippen LogP contribution in [0.4, 0.5) is 0 Å². The van der Waals surface area contributed by atoms with Crippen molar-refractivity contribution in [1.29, 1.82) is 0 Å². The van der Waals surface area contributed by atoms with Crippen LogP contribution in [-0.4, -0.2) is 26.6 Å². The molecule has 2 atom stereocenters. The van der Waals surface area contributed by atoms with Crippen LogP contribution in [0.1, 0.15) is 42.5 Å². The van der Waals surface area contributed by atoms with Gasteiger partial charge in [-0.1, -0.05) is 55.3 Å². The molecule has 0 aromatic heterocycles. The standard InChI is InChI=1S/C20H26N2O3S/c1-4-6-18(21)20(23)22-19(15-11-9-14(2)10-12-15)16-7-5-8-17(13-16)26(3,24)25/h5,7-13,18-19H,4,6,21H2,1-3H3,(H,22,23). The largest absolute Gasteiger partial charge is 0.344 e. The van der Waals surface area contributed by atoms with Crippen molar-refractivity contribution in [1.82, 2.24) is 5.32 Å². The lowest BCUT2D eigenvalue weighted by Crippen LogP contribution is -2.42. The van der Waals surface area contributed by atoms with Crippen molar-refractivity contribution in [3.8, 4) is 0 Å². The third kappa shape index (κ3) is 5.16. The molecular formula is C20H26N2O3S. The van der Waals surface area contributed by atoms with Gasteiger partial charge < -0.3 is 11.1 Å². The molecule has 0 radical (unpaired) electrons. The molecule has 140 valence electrons. The molecule has 0 spiro atoms. The average molecular weight is 375 g/mol. The molecule has 0 heterocycles. The first-order valence-electron chi connectivity index (χ1n) is 8.65. The summed E-state index contributed by atoms with van der Waals surface area (Å²) in [5, 5.41) is 2.97. The topological polar surface area (TPSA) is 89.3 Å². The second kappa shape index (κ2) is 8.47. The van der Waals surface area contributed by atoms with Crippen LogP contribution >= 0.6 is 0 Å². The number of carbonyl (C=O) groups is 1. The van der Waals surface area contributed by atoms with Crippen molar-refractivity contribution in [2.75, 3.05) is 6.26 Å². The van der Waals surface area contributed by atoms with Crippen LogP contribution in [0.15, 0.2) is 53.4 Å². The molecule has 0 bridgehead atoms. The Morgan fingerprint density at radius 2 is 1.77 bits per heavy atom. The number of aryl methyl sites for hydroxylation is 1. The lowest BCUT2D eigenvalue weighted by Gasteiger charge is -2.22. The average Bonchev–Trinajstić information content (AvgIpc) is 2.60. The molecule has 0 aliphatic heterocycles. The number of rotatable bonds is 7. The smallest absolute Gasteiger partial charge is 0.237 e. The summed E-state index contributed by atoms with van der Waals surface area (Å²) in [6.07, 6.45) is 2.58. The summed E-state index contributed by atoms with van der Waals surface area (Å²) >= 11 is 0. The molecule has 2 aromatic rings. The summed E-state index contributed by atoms with van der Waals surface area (Å²) in [5.41, 5.74) is 8.63. The van der Waals surface area contributed by atoms with E-state index in [1.807, 2.05) is 44.2 Å². The van der Waals surface area contributed by atoms with Gasteiger partial charge in [-0.3, -0.25) is 4.79 Å². The summed E-state index contributed by atoms with van der Waals surface area (Å²) < 4.78 is 23.8. The number of amides is 1. The SMILES string of the molecule is CCCC(N)C(=O)NC(c1ccc(C)cc1)c1cccc(S(C)(=O)=O)c1. The van der Waals surface area contributed by atoms with Gasteiger partial charge in [0.05, 0.1) is 17.0 Å². The second-order valence-corrected chi connectivity index (χ2v) is 8.61. The maximum absolute atomic E-state index is 12.5. The number of nitrogens with two attached hydrogens (primary N) is 1. The molecule has 0 fully saturated rings. The fraction of sp³-hybridized carbons (Fsp3) is 0.350. The third-order valence-electron chi connectivity index (χ3n) is 4.25. The van der Waals surface area contributed by atoms with Gasteiger partial charge in [-0.05, 0) is 36.6 Å². The van der Waals surface area contributed by atoms with Gasteiger partial charge in [0, 0.05) is 6.26 Å². The van der Waals surface area contributed by atoms with Gasteiger partial charge in [0.15, 0.2) is 9.84 Å². The Morgan fingerprint density at radius 1 is 1.12 bits per heavy atom. The highest BCUT2D eigenvalue weighted by atomic mass is 32.2. The Labute approximate surface area is 155 Å². The van der Waals surface area contributed by atoms with Gasteiger partial charge in [0.2, 0.25) is 5.91 Å². The van der Waals surface area contributed by atoms with Crippen LogP contribution in [0.5, 0.6) is 0 Å². The van der Waals surface area contributed by atoms with Crippen molar-refractivity contribution in [2.45, 2.75) is 43.7 Å². The molecule has 26 heavy (non-hydrogen) atoms. The van der Waals surface area contributed by atoms with Crippen molar-refractivity contribution < 1.29 is 13.2 Å². The minimum absolute atomic E-state index is 0.221. The highest BCUT2D eigenvalue weighted by Gasteiger charge is 2.21. The minimum Gasteiger partial charge on any atom is -0.344 e. The fourth-order valence-corrected chi connectivity index (χ4v) is 3.41. The maximum atomic E-state index is 12.5. The van der Waals surface area contributed by atoms with E-state index in [1.54, 1.807) is 18.2 Å². The zero-order valence-corrected chi connectivity index (χ0v) is 16.2. The number of hydrogen-bond donors (Lipinski definition) is 2. The summed E-state index contributed by atoms with van der Waals surface area (Å²) in [6, 6.07) is 13.4. The molecule has 6 heteroatoms. The van der Waals surface area contributed by atoms with Crippen molar-refractivity contribution >= 4 is 15.7 Å². The Kier molecular flexibility index (Phi) is 6.56. The number of hydrogen-bond acceptors (Lipinski definition) is 4. The van der Waals surface area contributed by atoms with E-state index in [2.05, 4.69) is 5.32 Å². The molecule has 0 aliphatic rings. The van der Waals surface area contributed by atoms with E-state index in [9.17, 15) is 13.2 Å². The molecule has 2 aromatic carbocycles. The van der Waals surface area contributed by atoms with Crippen LogP contribution in [0.2, 0.25) is 0 Å². The molecule has 1 amide bonds. The third-order valence-corrected chi connectivity index (χ3v) is 5.36. The van der Waals surface area contributed by atoms with E-state index in [0.717, 1.165) is 17.5 Å². The van der Waals surface area contributed by atoms with E-state index < -0.39 is 21.9 Å². The van der Waals surface area contributed by atoms with E-state index in [0.29, 0.717) is 12.0 Å². The summed E-state index contributed by atoms with van der Waals surface area (Å²) in [5.74, 6) is -0.248. The van der Waals surface area contributed by atoms with E-state index >= 15 is 0 Å². The molecular weight excluding hydrogens is 348 g/mol. The van der Waals surface area contributed by atoms with Crippen LogP contribution in [0.3, 0.4) is 0 Å². The molecule has 2 rings (SSSR count). The van der Waals surface area contributed by atoms with E-state index in [1.165, 1.54) is 6.26 Å². The normalized spacial score (nSPS) is 13.8. The van der Waals surface area contributed by atoms with Gasteiger partial charge >= 0.3 is 0 Å². The van der Waals surface area contributed by atoms with Crippen LogP contribution < -0.4 is 11.1 Å². The molecule has 3 N–H and O–H groups in total. The summed E-state index contributed by atoms with van der Waals surface area (Å²) in [7, 11) is -3.34. The van der Waals surface area contributed by atoms with E-state index in [-0.39, 0.29) is 10.8 Å². The highest BCUT2D eigenvalue weighted by Crippen LogP contribution is 2.25. The van der Waals surface area contributed by atoms with Crippen LogP contribution in [-0.2, 0) is 14.6 Å². The zero-order chi connectivity index (χ0) is 19.3. The Balaban J connectivity index is 2.44. The predicted octanol–water partition coefficient (Wildman–Crippen LogP) is 2.73. The maximum Gasteiger partial charge on any atom is 0.237 e. The van der Waals surface area contributed by atoms with Crippen LogP contribution in [0, 0.1) is 6.92 Å². The number of sulfone groups is 1. The Morgan fingerprint density at radius 3 is 2.35 bits per heavy atom. The van der Waals surface area contributed by atoms with Gasteiger partial charge in [-0.25, -0.2) is 8.42 Å². The fourth-order valence-electron chi connectivity index (χ4n) is 2.73.